The Morgan fingerprint density at radius 2 is 1.73 bits per heavy atom. The standard InChI is InChI=1S/C22H25Cl3N2O2S/c1-14(2)26-22(29)15(3)27(11-16-5-4-6-18(23)9-16)21(28)13-30-12-17-7-8-19(24)20(25)10-17/h4-10,14-15H,11-13H2,1-3H3,(H,26,29)/t15-/m0/s1. The van der Waals surface area contributed by atoms with Crippen molar-refractivity contribution in [3.8, 4) is 0 Å². The maximum Gasteiger partial charge on any atom is 0.242 e. The average Bonchev–Trinajstić information content (AvgIpc) is 2.67. The van der Waals surface area contributed by atoms with Gasteiger partial charge in [-0.15, -0.1) is 11.8 Å². The largest absolute Gasteiger partial charge is 0.352 e. The van der Waals surface area contributed by atoms with Crippen molar-refractivity contribution in [2.24, 2.45) is 0 Å². The number of carbonyl (C=O) groups excluding carboxylic acids is 2. The van der Waals surface area contributed by atoms with Gasteiger partial charge in [0.15, 0.2) is 0 Å². The second-order valence-electron chi connectivity index (χ2n) is 7.23. The van der Waals surface area contributed by atoms with Crippen molar-refractivity contribution in [3.05, 3.63) is 68.7 Å². The van der Waals surface area contributed by atoms with Gasteiger partial charge in [-0.05, 0) is 56.2 Å². The van der Waals surface area contributed by atoms with Crippen LogP contribution in [0.2, 0.25) is 15.1 Å². The first-order chi connectivity index (χ1) is 14.2. The molecule has 0 unspecified atom stereocenters. The Hall–Kier alpha value is -1.40. The monoisotopic (exact) mass is 486 g/mol. The summed E-state index contributed by atoms with van der Waals surface area (Å²) >= 11 is 19.6. The lowest BCUT2D eigenvalue weighted by atomic mass is 10.1. The number of nitrogens with one attached hydrogen (secondary N) is 1. The van der Waals surface area contributed by atoms with Gasteiger partial charge in [-0.1, -0.05) is 53.0 Å². The van der Waals surface area contributed by atoms with Gasteiger partial charge in [0, 0.05) is 23.4 Å². The fourth-order valence-electron chi connectivity index (χ4n) is 2.79. The molecule has 1 atom stereocenters. The van der Waals surface area contributed by atoms with Crippen LogP contribution in [0.5, 0.6) is 0 Å². The Labute approximate surface area is 197 Å². The van der Waals surface area contributed by atoms with Gasteiger partial charge in [0.25, 0.3) is 0 Å². The van der Waals surface area contributed by atoms with E-state index in [0.29, 0.717) is 27.4 Å². The number of carbonyl (C=O) groups is 2. The molecule has 8 heteroatoms. The van der Waals surface area contributed by atoms with Crippen LogP contribution in [0.15, 0.2) is 42.5 Å². The van der Waals surface area contributed by atoms with Crippen molar-refractivity contribution in [1.82, 2.24) is 10.2 Å². The molecule has 2 amide bonds. The Morgan fingerprint density at radius 3 is 2.37 bits per heavy atom. The van der Waals surface area contributed by atoms with E-state index >= 15 is 0 Å². The second-order valence-corrected chi connectivity index (χ2v) is 9.47. The smallest absolute Gasteiger partial charge is 0.242 e. The normalized spacial score (nSPS) is 12.0. The number of amides is 2. The zero-order chi connectivity index (χ0) is 22.3. The SMILES string of the molecule is CC(C)NC(=O)[C@H](C)N(Cc1cccc(Cl)c1)C(=O)CSCc1ccc(Cl)c(Cl)c1. The number of benzene rings is 2. The Morgan fingerprint density at radius 1 is 1.00 bits per heavy atom. The molecular weight excluding hydrogens is 463 g/mol. The van der Waals surface area contributed by atoms with Crippen LogP contribution >= 0.6 is 46.6 Å². The summed E-state index contributed by atoms with van der Waals surface area (Å²) < 4.78 is 0. The van der Waals surface area contributed by atoms with Gasteiger partial charge in [-0.2, -0.15) is 0 Å². The van der Waals surface area contributed by atoms with Crippen molar-refractivity contribution in [1.29, 1.82) is 0 Å². The van der Waals surface area contributed by atoms with Crippen molar-refractivity contribution in [2.75, 3.05) is 5.75 Å². The molecule has 30 heavy (non-hydrogen) atoms. The zero-order valence-corrected chi connectivity index (χ0v) is 20.2. The van der Waals surface area contributed by atoms with E-state index in [0.717, 1.165) is 11.1 Å². The van der Waals surface area contributed by atoms with Crippen LogP contribution in [0.3, 0.4) is 0 Å². The molecule has 0 spiro atoms. The van der Waals surface area contributed by atoms with Gasteiger partial charge >= 0.3 is 0 Å². The molecule has 0 aromatic heterocycles. The molecule has 0 bridgehead atoms. The zero-order valence-electron chi connectivity index (χ0n) is 17.1. The Kier molecular flexibility index (Phi) is 9.82. The lowest BCUT2D eigenvalue weighted by Crippen LogP contribution is -2.49. The fourth-order valence-corrected chi connectivity index (χ4v) is 4.18. The molecule has 162 valence electrons. The maximum absolute atomic E-state index is 13.0. The third-order valence-corrected chi connectivity index (χ3v) is 6.28. The molecule has 0 fully saturated rings. The first kappa shape index (κ1) is 24.9. The van der Waals surface area contributed by atoms with E-state index < -0.39 is 6.04 Å². The van der Waals surface area contributed by atoms with Gasteiger partial charge in [0.05, 0.1) is 15.8 Å². The first-order valence-corrected chi connectivity index (χ1v) is 11.8. The highest BCUT2D eigenvalue weighted by molar-refractivity contribution is 7.99. The average molecular weight is 488 g/mol. The second kappa shape index (κ2) is 11.8. The van der Waals surface area contributed by atoms with Crippen LogP contribution in [0.25, 0.3) is 0 Å². The predicted molar refractivity (Wildman–Crippen MR) is 127 cm³/mol. The number of hydrogen-bond acceptors (Lipinski definition) is 3. The van der Waals surface area contributed by atoms with Crippen LogP contribution in [0.1, 0.15) is 31.9 Å². The lowest BCUT2D eigenvalue weighted by Gasteiger charge is -2.29. The molecule has 0 heterocycles. The molecule has 4 nitrogen and oxygen atoms in total. The van der Waals surface area contributed by atoms with E-state index in [-0.39, 0.29) is 23.6 Å². The van der Waals surface area contributed by atoms with Crippen LogP contribution < -0.4 is 5.32 Å². The summed E-state index contributed by atoms with van der Waals surface area (Å²) in [7, 11) is 0. The minimum absolute atomic E-state index is 0.00731. The summed E-state index contributed by atoms with van der Waals surface area (Å²) in [5.41, 5.74) is 1.85. The summed E-state index contributed by atoms with van der Waals surface area (Å²) in [6, 6.07) is 12.1. The third kappa shape index (κ3) is 7.69. The van der Waals surface area contributed by atoms with Gasteiger partial charge in [0.1, 0.15) is 6.04 Å². The predicted octanol–water partition coefficient (Wildman–Crippen LogP) is 5.82. The van der Waals surface area contributed by atoms with E-state index in [4.69, 9.17) is 34.8 Å². The molecule has 0 saturated heterocycles. The molecule has 0 saturated carbocycles. The summed E-state index contributed by atoms with van der Waals surface area (Å²) in [6.45, 7) is 5.82. The number of nitrogens with zero attached hydrogens (tertiary/aromatic N) is 1. The van der Waals surface area contributed by atoms with E-state index in [1.54, 1.807) is 36.1 Å². The van der Waals surface area contributed by atoms with Gasteiger partial charge in [-0.25, -0.2) is 0 Å². The topological polar surface area (TPSA) is 49.4 Å². The lowest BCUT2D eigenvalue weighted by molar-refractivity contribution is -0.138. The van der Waals surface area contributed by atoms with Gasteiger partial charge in [-0.3, -0.25) is 9.59 Å². The minimum Gasteiger partial charge on any atom is -0.352 e. The van der Waals surface area contributed by atoms with Gasteiger partial charge < -0.3 is 10.2 Å². The molecule has 1 N–H and O–H groups in total. The summed E-state index contributed by atoms with van der Waals surface area (Å²) in [6.07, 6.45) is 0. The van der Waals surface area contributed by atoms with E-state index in [1.165, 1.54) is 11.8 Å². The molecule has 0 aliphatic carbocycles. The number of rotatable bonds is 9. The third-order valence-electron chi connectivity index (χ3n) is 4.32. The van der Waals surface area contributed by atoms with Crippen molar-refractivity contribution in [3.63, 3.8) is 0 Å². The van der Waals surface area contributed by atoms with Crippen molar-refractivity contribution >= 4 is 58.4 Å². The number of hydrogen-bond donors (Lipinski definition) is 1. The molecule has 2 aromatic carbocycles. The fraction of sp³-hybridized carbons (Fsp3) is 0.364. The highest BCUT2D eigenvalue weighted by Gasteiger charge is 2.26. The summed E-state index contributed by atoms with van der Waals surface area (Å²) in [5, 5.41) is 4.45. The van der Waals surface area contributed by atoms with Crippen molar-refractivity contribution < 1.29 is 9.59 Å². The van der Waals surface area contributed by atoms with E-state index in [1.807, 2.05) is 32.0 Å². The van der Waals surface area contributed by atoms with Crippen LogP contribution in [-0.4, -0.2) is 34.6 Å². The van der Waals surface area contributed by atoms with Crippen LogP contribution in [-0.2, 0) is 21.9 Å². The highest BCUT2D eigenvalue weighted by Crippen LogP contribution is 2.25. The number of thioether (sulfide) groups is 1. The van der Waals surface area contributed by atoms with Crippen LogP contribution in [0.4, 0.5) is 0 Å². The van der Waals surface area contributed by atoms with E-state index in [9.17, 15) is 9.59 Å². The first-order valence-electron chi connectivity index (χ1n) is 9.53. The van der Waals surface area contributed by atoms with Gasteiger partial charge in [0.2, 0.25) is 11.8 Å². The summed E-state index contributed by atoms with van der Waals surface area (Å²) in [5.74, 6) is 0.543. The molecule has 0 aliphatic rings. The maximum atomic E-state index is 13.0. The Balaban J connectivity index is 2.08. The quantitative estimate of drug-likeness (QED) is 0.485. The molecule has 2 rings (SSSR count). The Bertz CT molecular complexity index is 892. The minimum atomic E-state index is -0.607. The molecule has 0 radical (unpaired) electrons. The number of halogens is 3. The molecule has 0 aliphatic heterocycles. The molecule has 2 aromatic rings. The summed E-state index contributed by atoms with van der Waals surface area (Å²) in [4.78, 5) is 27.2. The van der Waals surface area contributed by atoms with E-state index in [2.05, 4.69) is 5.32 Å². The van der Waals surface area contributed by atoms with Crippen LogP contribution in [0, 0.1) is 0 Å². The van der Waals surface area contributed by atoms with Crippen molar-refractivity contribution in [2.45, 2.75) is 45.2 Å². The molecular formula is C22H25Cl3N2O2S. The highest BCUT2D eigenvalue weighted by atomic mass is 35.5.